The van der Waals surface area contributed by atoms with Gasteiger partial charge in [-0.25, -0.2) is 4.98 Å². The number of likely N-dealkylation sites (tertiary alicyclic amines) is 1. The molecule has 0 spiro atoms. The Balaban J connectivity index is 1.71. The molecule has 1 atom stereocenters. The van der Waals surface area contributed by atoms with Gasteiger partial charge in [-0.05, 0) is 25.3 Å². The Morgan fingerprint density at radius 3 is 3.04 bits per heavy atom. The van der Waals surface area contributed by atoms with E-state index in [2.05, 4.69) is 22.1 Å². The van der Waals surface area contributed by atoms with Gasteiger partial charge >= 0.3 is 0 Å². The molecule has 1 aliphatic rings. The average Bonchev–Trinajstić information content (AvgIpc) is 3.24. The van der Waals surface area contributed by atoms with E-state index in [1.165, 1.54) is 0 Å². The molecule has 3 N–H and O–H groups in total. The number of nitrogens with two attached hydrogens (primary N) is 1. The van der Waals surface area contributed by atoms with E-state index in [-0.39, 0.29) is 18.4 Å². The van der Waals surface area contributed by atoms with Gasteiger partial charge in [0.2, 0.25) is 5.91 Å². The molecule has 8 heteroatoms. The van der Waals surface area contributed by atoms with Crippen LogP contribution in [0.2, 0.25) is 0 Å². The second-order valence-electron chi connectivity index (χ2n) is 6.50. The highest BCUT2D eigenvalue weighted by atomic mass is 16.2. The van der Waals surface area contributed by atoms with Crippen molar-refractivity contribution in [2.75, 3.05) is 13.1 Å². The fraction of sp³-hybridized carbons (Fsp3) is 0.529. The SMILES string of the molecule is CCCc1cc(C(=O)N2CCC[C@@H](c3nccn3CC(N)=O)C2)n[nH]1. The van der Waals surface area contributed by atoms with Crippen molar-refractivity contribution in [3.63, 3.8) is 0 Å². The van der Waals surface area contributed by atoms with Crippen LogP contribution in [0.15, 0.2) is 18.5 Å². The van der Waals surface area contributed by atoms with Crippen LogP contribution >= 0.6 is 0 Å². The standard InChI is InChI=1S/C17H24N6O2/c1-2-4-13-9-14(21-20-13)17(25)23-7-3-5-12(10-23)16-19-6-8-22(16)11-15(18)24/h6,8-9,12H,2-5,7,10-11H2,1H3,(H2,18,24)(H,20,21)/t12-/m1/s1. The number of imidazole rings is 1. The number of aryl methyl sites for hydroxylation is 1. The maximum atomic E-state index is 12.7. The van der Waals surface area contributed by atoms with Gasteiger partial charge in [0.05, 0.1) is 0 Å². The van der Waals surface area contributed by atoms with Gasteiger partial charge in [-0.2, -0.15) is 5.10 Å². The lowest BCUT2D eigenvalue weighted by Gasteiger charge is -2.32. The zero-order valence-electron chi connectivity index (χ0n) is 14.4. The predicted molar refractivity (Wildman–Crippen MR) is 91.9 cm³/mol. The fourth-order valence-electron chi connectivity index (χ4n) is 3.39. The summed E-state index contributed by atoms with van der Waals surface area (Å²) in [7, 11) is 0. The number of amides is 2. The largest absolute Gasteiger partial charge is 0.368 e. The molecule has 0 aliphatic carbocycles. The van der Waals surface area contributed by atoms with Crippen LogP contribution in [0.5, 0.6) is 0 Å². The highest BCUT2D eigenvalue weighted by Gasteiger charge is 2.29. The average molecular weight is 344 g/mol. The van der Waals surface area contributed by atoms with Gasteiger partial charge in [-0.1, -0.05) is 13.3 Å². The third-order valence-electron chi connectivity index (χ3n) is 4.52. The lowest BCUT2D eigenvalue weighted by molar-refractivity contribution is -0.118. The summed E-state index contributed by atoms with van der Waals surface area (Å²) in [5.74, 6) is 0.449. The normalized spacial score (nSPS) is 17.6. The quantitative estimate of drug-likeness (QED) is 0.816. The first-order valence-electron chi connectivity index (χ1n) is 8.71. The number of aromatic nitrogens is 4. The Kier molecular flexibility index (Phi) is 5.16. The van der Waals surface area contributed by atoms with Crippen molar-refractivity contribution < 1.29 is 9.59 Å². The fourth-order valence-corrected chi connectivity index (χ4v) is 3.39. The maximum absolute atomic E-state index is 12.7. The smallest absolute Gasteiger partial charge is 0.274 e. The summed E-state index contributed by atoms with van der Waals surface area (Å²) in [6.45, 7) is 3.48. The Hall–Kier alpha value is -2.64. The number of nitrogens with one attached hydrogen (secondary N) is 1. The molecule has 3 heterocycles. The van der Waals surface area contributed by atoms with Crippen LogP contribution in [0.3, 0.4) is 0 Å². The minimum atomic E-state index is -0.400. The third kappa shape index (κ3) is 3.89. The molecule has 0 radical (unpaired) electrons. The summed E-state index contributed by atoms with van der Waals surface area (Å²) in [6.07, 6.45) is 7.14. The third-order valence-corrected chi connectivity index (χ3v) is 4.52. The summed E-state index contributed by atoms with van der Waals surface area (Å²) >= 11 is 0. The number of carbonyl (C=O) groups is 2. The molecule has 0 saturated carbocycles. The van der Waals surface area contributed by atoms with E-state index in [4.69, 9.17) is 5.73 Å². The zero-order chi connectivity index (χ0) is 17.8. The summed E-state index contributed by atoms with van der Waals surface area (Å²) in [4.78, 5) is 30.2. The van der Waals surface area contributed by atoms with Crippen molar-refractivity contribution in [3.8, 4) is 0 Å². The molecule has 0 unspecified atom stereocenters. The molecule has 8 nitrogen and oxygen atoms in total. The van der Waals surface area contributed by atoms with E-state index < -0.39 is 5.91 Å². The van der Waals surface area contributed by atoms with Crippen LogP contribution in [0.25, 0.3) is 0 Å². The van der Waals surface area contributed by atoms with Gasteiger partial charge in [-0.15, -0.1) is 0 Å². The Bertz CT molecular complexity index is 750. The highest BCUT2D eigenvalue weighted by molar-refractivity contribution is 5.92. The highest BCUT2D eigenvalue weighted by Crippen LogP contribution is 2.26. The van der Waals surface area contributed by atoms with Crippen molar-refractivity contribution in [1.29, 1.82) is 0 Å². The maximum Gasteiger partial charge on any atom is 0.274 e. The zero-order valence-corrected chi connectivity index (χ0v) is 14.4. The van der Waals surface area contributed by atoms with E-state index in [0.717, 1.165) is 37.2 Å². The molecule has 25 heavy (non-hydrogen) atoms. The van der Waals surface area contributed by atoms with Crippen molar-refractivity contribution in [3.05, 3.63) is 35.7 Å². The summed E-state index contributed by atoms with van der Waals surface area (Å²) in [6, 6.07) is 1.84. The Morgan fingerprint density at radius 2 is 2.28 bits per heavy atom. The van der Waals surface area contributed by atoms with Crippen molar-refractivity contribution in [2.45, 2.75) is 45.1 Å². The molecular formula is C17H24N6O2. The molecule has 2 aromatic rings. The minimum Gasteiger partial charge on any atom is -0.368 e. The van der Waals surface area contributed by atoms with Gasteiger partial charge in [-0.3, -0.25) is 14.7 Å². The number of carbonyl (C=O) groups excluding carboxylic acids is 2. The van der Waals surface area contributed by atoms with E-state index in [1.54, 1.807) is 17.0 Å². The number of aromatic amines is 1. The second-order valence-corrected chi connectivity index (χ2v) is 6.50. The second kappa shape index (κ2) is 7.50. The predicted octanol–water partition coefficient (Wildman–Crippen LogP) is 1.06. The van der Waals surface area contributed by atoms with Crippen LogP contribution in [0, 0.1) is 0 Å². The van der Waals surface area contributed by atoms with E-state index >= 15 is 0 Å². The molecule has 1 fully saturated rings. The topological polar surface area (TPSA) is 110 Å². The number of hydrogen-bond acceptors (Lipinski definition) is 4. The molecule has 3 rings (SSSR count). The number of rotatable bonds is 6. The van der Waals surface area contributed by atoms with Gasteiger partial charge in [0.25, 0.3) is 5.91 Å². The van der Waals surface area contributed by atoms with Crippen molar-refractivity contribution in [2.24, 2.45) is 5.73 Å². The number of hydrogen-bond donors (Lipinski definition) is 2. The Morgan fingerprint density at radius 1 is 1.44 bits per heavy atom. The first kappa shape index (κ1) is 17.2. The number of nitrogens with zero attached hydrogens (tertiary/aromatic N) is 4. The molecule has 1 aliphatic heterocycles. The van der Waals surface area contributed by atoms with Gasteiger partial charge in [0.15, 0.2) is 0 Å². The molecule has 134 valence electrons. The lowest BCUT2D eigenvalue weighted by atomic mass is 9.96. The van der Waals surface area contributed by atoms with Crippen molar-refractivity contribution >= 4 is 11.8 Å². The van der Waals surface area contributed by atoms with Gasteiger partial charge < -0.3 is 15.2 Å². The summed E-state index contributed by atoms with van der Waals surface area (Å²) in [5, 5.41) is 7.09. The molecule has 2 aromatic heterocycles. The summed E-state index contributed by atoms with van der Waals surface area (Å²) in [5.41, 5.74) is 6.74. The van der Waals surface area contributed by atoms with Gasteiger partial charge in [0, 0.05) is 37.1 Å². The molecule has 0 aromatic carbocycles. The molecular weight excluding hydrogens is 320 g/mol. The van der Waals surface area contributed by atoms with Crippen LogP contribution in [-0.2, 0) is 17.8 Å². The van der Waals surface area contributed by atoms with E-state index in [9.17, 15) is 9.59 Å². The lowest BCUT2D eigenvalue weighted by Crippen LogP contribution is -2.40. The van der Waals surface area contributed by atoms with Gasteiger partial charge in [0.1, 0.15) is 18.1 Å². The van der Waals surface area contributed by atoms with Crippen LogP contribution < -0.4 is 5.73 Å². The molecule has 2 amide bonds. The first-order valence-corrected chi connectivity index (χ1v) is 8.71. The van der Waals surface area contributed by atoms with Crippen molar-refractivity contribution in [1.82, 2.24) is 24.6 Å². The molecule has 0 bridgehead atoms. The summed E-state index contributed by atoms with van der Waals surface area (Å²) < 4.78 is 1.77. The van der Waals surface area contributed by atoms with Crippen LogP contribution in [0.1, 0.15) is 54.1 Å². The first-order chi connectivity index (χ1) is 12.1. The number of primary amides is 1. The molecule has 1 saturated heterocycles. The minimum absolute atomic E-state index is 0.0590. The van der Waals surface area contributed by atoms with Crippen LogP contribution in [0.4, 0.5) is 0 Å². The van der Waals surface area contributed by atoms with E-state index in [1.807, 2.05) is 11.0 Å². The Labute approximate surface area is 146 Å². The monoisotopic (exact) mass is 344 g/mol. The number of H-pyrrole nitrogens is 1. The number of piperidine rings is 1. The van der Waals surface area contributed by atoms with Crippen LogP contribution in [-0.4, -0.2) is 49.6 Å². The van der Waals surface area contributed by atoms with E-state index in [0.29, 0.717) is 18.8 Å².